The lowest BCUT2D eigenvalue weighted by Gasteiger charge is -2.23. The highest BCUT2D eigenvalue weighted by Gasteiger charge is 2.38. The van der Waals surface area contributed by atoms with Crippen molar-refractivity contribution in [1.82, 2.24) is 10.2 Å². The van der Waals surface area contributed by atoms with Crippen LogP contribution in [0.25, 0.3) is 0 Å². The first-order chi connectivity index (χ1) is 10.1. The van der Waals surface area contributed by atoms with Crippen molar-refractivity contribution in [3.63, 3.8) is 0 Å². The molecule has 0 saturated carbocycles. The van der Waals surface area contributed by atoms with Gasteiger partial charge < -0.3 is 9.64 Å². The molecule has 2 rings (SSSR count). The van der Waals surface area contributed by atoms with Crippen molar-refractivity contribution < 1.29 is 9.53 Å². The molecule has 1 aliphatic rings. The molecule has 0 radical (unpaired) electrons. The minimum Gasteiger partial charge on any atom is -0.380 e. The number of nitrogens with one attached hydrogen (secondary N) is 1. The van der Waals surface area contributed by atoms with Gasteiger partial charge in [-0.05, 0) is 30.2 Å². The molecule has 1 aliphatic heterocycles. The molecule has 0 bridgehead atoms. The minimum atomic E-state index is -0.0623. The van der Waals surface area contributed by atoms with Gasteiger partial charge in [-0.15, -0.1) is 11.3 Å². The molecule has 0 spiro atoms. The quantitative estimate of drug-likeness (QED) is 0.751. The summed E-state index contributed by atoms with van der Waals surface area (Å²) in [6.07, 6.45) is 1.90. The van der Waals surface area contributed by atoms with Crippen LogP contribution in [0.3, 0.4) is 0 Å². The van der Waals surface area contributed by atoms with Gasteiger partial charge in [0.1, 0.15) is 6.17 Å². The molecule has 5 heteroatoms. The highest BCUT2D eigenvalue weighted by atomic mass is 32.1. The molecule has 1 fully saturated rings. The van der Waals surface area contributed by atoms with Crippen LogP contribution < -0.4 is 5.32 Å². The van der Waals surface area contributed by atoms with Gasteiger partial charge in [0.05, 0.1) is 12.6 Å². The monoisotopic (exact) mass is 310 g/mol. The van der Waals surface area contributed by atoms with Crippen LogP contribution in [0.4, 0.5) is 0 Å². The van der Waals surface area contributed by atoms with Crippen molar-refractivity contribution in [3.8, 4) is 0 Å². The SMILES string of the molecule is CCC1NC(c2cccs2)N(CCOCCC(C)C)C1=O. The van der Waals surface area contributed by atoms with E-state index in [1.165, 1.54) is 4.88 Å². The maximum Gasteiger partial charge on any atom is 0.241 e. The number of carbonyl (C=O) groups excluding carboxylic acids is 1. The van der Waals surface area contributed by atoms with Crippen LogP contribution >= 0.6 is 11.3 Å². The summed E-state index contributed by atoms with van der Waals surface area (Å²) in [6, 6.07) is 4.05. The molecule has 0 aromatic carbocycles. The summed E-state index contributed by atoms with van der Waals surface area (Å²) in [6.45, 7) is 8.46. The number of thiophene rings is 1. The molecule has 2 atom stereocenters. The van der Waals surface area contributed by atoms with Crippen LogP contribution in [0.15, 0.2) is 17.5 Å². The van der Waals surface area contributed by atoms with Crippen molar-refractivity contribution in [2.75, 3.05) is 19.8 Å². The number of amides is 1. The van der Waals surface area contributed by atoms with Gasteiger partial charge in [-0.25, -0.2) is 0 Å². The van der Waals surface area contributed by atoms with E-state index >= 15 is 0 Å². The van der Waals surface area contributed by atoms with Crippen LogP contribution in [-0.2, 0) is 9.53 Å². The maximum atomic E-state index is 12.4. The number of hydrogen-bond acceptors (Lipinski definition) is 4. The standard InChI is InChI=1S/C16H26N2O2S/c1-4-13-16(19)18(8-10-20-9-7-12(2)3)15(17-13)14-6-5-11-21-14/h5-6,11-13,15,17H,4,7-10H2,1-3H3. The second-order valence-corrected chi connectivity index (χ2v) is 6.85. The zero-order chi connectivity index (χ0) is 15.2. The van der Waals surface area contributed by atoms with E-state index < -0.39 is 0 Å². The van der Waals surface area contributed by atoms with Crippen LogP contribution in [0.5, 0.6) is 0 Å². The molecule has 118 valence electrons. The number of carbonyl (C=O) groups is 1. The Hall–Kier alpha value is -0.910. The van der Waals surface area contributed by atoms with Crippen LogP contribution in [-0.4, -0.2) is 36.6 Å². The zero-order valence-corrected chi connectivity index (χ0v) is 14.0. The molecule has 2 heterocycles. The highest BCUT2D eigenvalue weighted by molar-refractivity contribution is 7.10. The maximum absolute atomic E-state index is 12.4. The first-order valence-electron chi connectivity index (χ1n) is 7.81. The summed E-state index contributed by atoms with van der Waals surface area (Å²) in [5.41, 5.74) is 0. The van der Waals surface area contributed by atoms with Gasteiger partial charge in [-0.1, -0.05) is 26.8 Å². The Morgan fingerprint density at radius 2 is 2.24 bits per heavy atom. The highest BCUT2D eigenvalue weighted by Crippen LogP contribution is 2.29. The molecule has 1 N–H and O–H groups in total. The van der Waals surface area contributed by atoms with Gasteiger partial charge in [0.25, 0.3) is 0 Å². The van der Waals surface area contributed by atoms with Crippen molar-refractivity contribution in [1.29, 1.82) is 0 Å². The first kappa shape index (κ1) is 16.5. The predicted molar refractivity (Wildman–Crippen MR) is 86.3 cm³/mol. The minimum absolute atomic E-state index is 0.0103. The normalized spacial score (nSPS) is 22.5. The van der Waals surface area contributed by atoms with Gasteiger partial charge in [0.15, 0.2) is 0 Å². The lowest BCUT2D eigenvalue weighted by molar-refractivity contribution is -0.130. The fourth-order valence-electron chi connectivity index (χ4n) is 2.48. The van der Waals surface area contributed by atoms with Crippen LogP contribution in [0.1, 0.15) is 44.7 Å². The second-order valence-electron chi connectivity index (χ2n) is 5.87. The molecule has 1 amide bonds. The molecular formula is C16H26N2O2S. The smallest absolute Gasteiger partial charge is 0.241 e. The molecule has 1 aromatic heterocycles. The van der Waals surface area contributed by atoms with E-state index in [-0.39, 0.29) is 18.1 Å². The number of hydrogen-bond donors (Lipinski definition) is 1. The summed E-state index contributed by atoms with van der Waals surface area (Å²) < 4.78 is 5.67. The third-order valence-electron chi connectivity index (χ3n) is 3.79. The van der Waals surface area contributed by atoms with Gasteiger partial charge in [0, 0.05) is 18.0 Å². The third-order valence-corrected chi connectivity index (χ3v) is 4.71. The van der Waals surface area contributed by atoms with Crippen LogP contribution in [0, 0.1) is 5.92 Å². The summed E-state index contributed by atoms with van der Waals surface area (Å²) in [5, 5.41) is 5.49. The average molecular weight is 310 g/mol. The number of rotatable bonds is 8. The molecule has 2 unspecified atom stereocenters. The first-order valence-corrected chi connectivity index (χ1v) is 8.69. The fraction of sp³-hybridized carbons (Fsp3) is 0.688. The Kier molecular flexibility index (Phi) is 6.21. The van der Waals surface area contributed by atoms with Gasteiger partial charge in [-0.3, -0.25) is 10.1 Å². The lowest BCUT2D eigenvalue weighted by atomic mass is 10.1. The van der Waals surface area contributed by atoms with E-state index in [1.807, 2.05) is 17.9 Å². The summed E-state index contributed by atoms with van der Waals surface area (Å²) in [4.78, 5) is 15.5. The summed E-state index contributed by atoms with van der Waals surface area (Å²) in [5.74, 6) is 0.854. The lowest BCUT2D eigenvalue weighted by Crippen LogP contribution is -2.33. The van der Waals surface area contributed by atoms with E-state index in [0.29, 0.717) is 19.1 Å². The van der Waals surface area contributed by atoms with Crippen molar-refractivity contribution in [3.05, 3.63) is 22.4 Å². The Morgan fingerprint density at radius 1 is 1.43 bits per heavy atom. The van der Waals surface area contributed by atoms with Crippen LogP contribution in [0.2, 0.25) is 0 Å². The summed E-state index contributed by atoms with van der Waals surface area (Å²) in [7, 11) is 0. The van der Waals surface area contributed by atoms with E-state index in [1.54, 1.807) is 11.3 Å². The largest absolute Gasteiger partial charge is 0.380 e. The molecular weight excluding hydrogens is 284 g/mol. The Labute approximate surface area is 131 Å². The Balaban J connectivity index is 1.89. The third kappa shape index (κ3) is 4.28. The van der Waals surface area contributed by atoms with Crippen molar-refractivity contribution in [2.24, 2.45) is 5.92 Å². The molecule has 0 aliphatic carbocycles. The molecule has 21 heavy (non-hydrogen) atoms. The van der Waals surface area contributed by atoms with E-state index in [0.717, 1.165) is 19.4 Å². The topological polar surface area (TPSA) is 41.6 Å². The van der Waals surface area contributed by atoms with Gasteiger partial charge in [0.2, 0.25) is 5.91 Å². The molecule has 1 aromatic rings. The van der Waals surface area contributed by atoms with E-state index in [2.05, 4.69) is 30.6 Å². The zero-order valence-electron chi connectivity index (χ0n) is 13.2. The molecule has 1 saturated heterocycles. The van der Waals surface area contributed by atoms with Gasteiger partial charge >= 0.3 is 0 Å². The number of nitrogens with zero attached hydrogens (tertiary/aromatic N) is 1. The average Bonchev–Trinajstić information content (AvgIpc) is 3.07. The fourth-order valence-corrected chi connectivity index (χ4v) is 3.27. The number of ether oxygens (including phenoxy) is 1. The molecule has 4 nitrogen and oxygen atoms in total. The van der Waals surface area contributed by atoms with Crippen molar-refractivity contribution in [2.45, 2.75) is 45.8 Å². The van der Waals surface area contributed by atoms with Crippen molar-refractivity contribution >= 4 is 17.2 Å². The Morgan fingerprint density at radius 3 is 2.86 bits per heavy atom. The summed E-state index contributed by atoms with van der Waals surface area (Å²) >= 11 is 1.69. The second kappa shape index (κ2) is 7.92. The predicted octanol–water partition coefficient (Wildman–Crippen LogP) is 3.02. The van der Waals surface area contributed by atoms with E-state index in [4.69, 9.17) is 4.74 Å². The van der Waals surface area contributed by atoms with Gasteiger partial charge in [-0.2, -0.15) is 0 Å². The van der Waals surface area contributed by atoms with E-state index in [9.17, 15) is 4.79 Å². The Bertz CT molecular complexity index is 433.